The second-order valence-corrected chi connectivity index (χ2v) is 11.7. The van der Waals surface area contributed by atoms with Gasteiger partial charge in [-0.3, -0.25) is 4.99 Å². The number of benzene rings is 1. The van der Waals surface area contributed by atoms with Crippen LogP contribution < -0.4 is 10.6 Å². The molecule has 0 spiro atoms. The topological polar surface area (TPSA) is 73.8 Å². The van der Waals surface area contributed by atoms with Crippen LogP contribution in [0.3, 0.4) is 0 Å². The number of nitrogens with one attached hydrogen (secondary N) is 2. The zero-order valence-corrected chi connectivity index (χ0v) is 21.9. The number of piperidine rings is 1. The molecular weight excluding hydrogens is 531 g/mol. The van der Waals surface area contributed by atoms with E-state index in [1.807, 2.05) is 11.8 Å². The first-order chi connectivity index (χ1) is 14.0. The van der Waals surface area contributed by atoms with Crippen LogP contribution in [0.15, 0.2) is 40.2 Å². The summed E-state index contributed by atoms with van der Waals surface area (Å²) in [5.41, 5.74) is 0. The maximum absolute atomic E-state index is 12.0. The Morgan fingerprint density at radius 3 is 2.40 bits per heavy atom. The van der Waals surface area contributed by atoms with E-state index in [0.29, 0.717) is 13.1 Å². The maximum Gasteiger partial charge on any atom is 0.213 e. The van der Waals surface area contributed by atoms with Gasteiger partial charge in [-0.2, -0.15) is 0 Å². The number of hydrogen-bond donors (Lipinski definition) is 2. The van der Waals surface area contributed by atoms with Crippen molar-refractivity contribution in [2.24, 2.45) is 4.99 Å². The highest BCUT2D eigenvalue weighted by atomic mass is 127. The van der Waals surface area contributed by atoms with Crippen molar-refractivity contribution in [3.63, 3.8) is 0 Å². The molecule has 1 aliphatic carbocycles. The summed E-state index contributed by atoms with van der Waals surface area (Å²) in [6, 6.07) is 10.9. The summed E-state index contributed by atoms with van der Waals surface area (Å²) >= 11 is 1.98. The standard InChI is InChI=1S/C21H34N4O2S2.HI/c1-3-29(26,27)25-15-11-18(12-16-25)24-20(22-2)23-17-21(13-7-8-14-21)28-19-9-5-4-6-10-19;/h4-6,9-10,18H,3,7-8,11-17H2,1-2H3,(H2,22,23,24);1H. The van der Waals surface area contributed by atoms with Gasteiger partial charge in [0.15, 0.2) is 5.96 Å². The van der Waals surface area contributed by atoms with Gasteiger partial charge in [-0.05, 0) is 44.7 Å². The molecule has 3 rings (SSSR count). The minimum Gasteiger partial charge on any atom is -0.355 e. The van der Waals surface area contributed by atoms with Gasteiger partial charge < -0.3 is 10.6 Å². The normalized spacial score (nSPS) is 20.5. The van der Waals surface area contributed by atoms with Crippen LogP contribution in [0.1, 0.15) is 45.4 Å². The van der Waals surface area contributed by atoms with Crippen molar-refractivity contribution in [1.82, 2.24) is 14.9 Å². The van der Waals surface area contributed by atoms with E-state index in [-0.39, 0.29) is 40.5 Å². The molecule has 2 aliphatic rings. The first kappa shape index (κ1) is 25.7. The van der Waals surface area contributed by atoms with Gasteiger partial charge >= 0.3 is 0 Å². The second kappa shape index (κ2) is 11.9. The zero-order valence-electron chi connectivity index (χ0n) is 18.0. The molecule has 170 valence electrons. The van der Waals surface area contributed by atoms with Crippen molar-refractivity contribution in [2.45, 2.75) is 61.1 Å². The lowest BCUT2D eigenvalue weighted by Crippen LogP contribution is -2.51. The van der Waals surface area contributed by atoms with Crippen LogP contribution in [0.4, 0.5) is 0 Å². The van der Waals surface area contributed by atoms with Crippen LogP contribution in [0.25, 0.3) is 0 Å². The molecule has 2 N–H and O–H groups in total. The summed E-state index contributed by atoms with van der Waals surface area (Å²) in [6.07, 6.45) is 6.59. The molecule has 2 fully saturated rings. The van der Waals surface area contributed by atoms with Gasteiger partial charge in [0, 0.05) is 42.4 Å². The van der Waals surface area contributed by atoms with Crippen LogP contribution >= 0.6 is 35.7 Å². The minimum absolute atomic E-state index is 0. The highest BCUT2D eigenvalue weighted by molar-refractivity contribution is 14.0. The van der Waals surface area contributed by atoms with Crippen molar-refractivity contribution in [2.75, 3.05) is 32.4 Å². The molecule has 0 bridgehead atoms. The Hall–Kier alpha value is -0.520. The van der Waals surface area contributed by atoms with E-state index in [1.54, 1.807) is 18.3 Å². The highest BCUT2D eigenvalue weighted by Gasteiger charge is 2.35. The van der Waals surface area contributed by atoms with E-state index in [1.165, 1.54) is 30.6 Å². The van der Waals surface area contributed by atoms with Gasteiger partial charge in [-0.15, -0.1) is 35.7 Å². The lowest BCUT2D eigenvalue weighted by molar-refractivity contribution is 0.306. The predicted molar refractivity (Wildman–Crippen MR) is 137 cm³/mol. The summed E-state index contributed by atoms with van der Waals surface area (Å²) in [7, 11) is -1.28. The molecule has 1 saturated carbocycles. The van der Waals surface area contributed by atoms with Crippen molar-refractivity contribution in [3.8, 4) is 0 Å². The van der Waals surface area contributed by atoms with E-state index in [4.69, 9.17) is 0 Å². The molecule has 9 heteroatoms. The van der Waals surface area contributed by atoms with Gasteiger partial charge in [0.1, 0.15) is 0 Å². The van der Waals surface area contributed by atoms with E-state index in [2.05, 4.69) is 46.0 Å². The largest absolute Gasteiger partial charge is 0.355 e. The van der Waals surface area contributed by atoms with Gasteiger partial charge in [0.05, 0.1) is 5.75 Å². The molecule has 0 radical (unpaired) electrons. The lowest BCUT2D eigenvalue weighted by Gasteiger charge is -2.33. The molecule has 1 aromatic rings. The number of sulfonamides is 1. The molecule has 0 unspecified atom stereocenters. The zero-order chi connectivity index (χ0) is 20.7. The molecular formula is C21H35IN4O2S2. The molecule has 1 aliphatic heterocycles. The summed E-state index contributed by atoms with van der Waals surface area (Å²) in [6.45, 7) is 3.75. The van der Waals surface area contributed by atoms with E-state index >= 15 is 0 Å². The Bertz CT molecular complexity index is 775. The average Bonchev–Trinajstić information content (AvgIpc) is 3.20. The van der Waals surface area contributed by atoms with Crippen molar-refractivity contribution >= 4 is 51.7 Å². The highest BCUT2D eigenvalue weighted by Crippen LogP contribution is 2.44. The Morgan fingerprint density at radius 2 is 1.83 bits per heavy atom. The van der Waals surface area contributed by atoms with Gasteiger partial charge in [0.2, 0.25) is 10.0 Å². The third-order valence-corrected chi connectivity index (χ3v) is 9.32. The average molecular weight is 567 g/mol. The van der Waals surface area contributed by atoms with Gasteiger partial charge in [-0.1, -0.05) is 31.0 Å². The minimum atomic E-state index is -3.08. The molecule has 0 amide bonds. The van der Waals surface area contributed by atoms with Crippen LogP contribution in [-0.2, 0) is 10.0 Å². The molecule has 30 heavy (non-hydrogen) atoms. The maximum atomic E-state index is 12.0. The first-order valence-electron chi connectivity index (χ1n) is 10.7. The number of halogens is 1. The monoisotopic (exact) mass is 566 g/mol. The molecule has 1 heterocycles. The fraction of sp³-hybridized carbons (Fsp3) is 0.667. The van der Waals surface area contributed by atoms with Crippen molar-refractivity contribution in [3.05, 3.63) is 30.3 Å². The molecule has 1 saturated heterocycles. The quantitative estimate of drug-likeness (QED) is 0.299. The summed E-state index contributed by atoms with van der Waals surface area (Å²) < 4.78 is 25.9. The van der Waals surface area contributed by atoms with Crippen LogP contribution in [0, 0.1) is 0 Å². The Morgan fingerprint density at radius 1 is 1.20 bits per heavy atom. The number of nitrogens with zero attached hydrogens (tertiary/aromatic N) is 2. The van der Waals surface area contributed by atoms with Crippen molar-refractivity contribution in [1.29, 1.82) is 0 Å². The number of aliphatic imine (C=N–C) groups is 1. The van der Waals surface area contributed by atoms with Crippen LogP contribution in [-0.4, -0.2) is 61.9 Å². The number of thioether (sulfide) groups is 1. The Labute approximate surface area is 203 Å². The summed E-state index contributed by atoms with van der Waals surface area (Å²) in [4.78, 5) is 5.74. The van der Waals surface area contributed by atoms with E-state index in [0.717, 1.165) is 25.3 Å². The number of rotatable bonds is 7. The molecule has 1 aromatic carbocycles. The van der Waals surface area contributed by atoms with E-state index in [9.17, 15) is 8.42 Å². The van der Waals surface area contributed by atoms with E-state index < -0.39 is 10.0 Å². The smallest absolute Gasteiger partial charge is 0.213 e. The summed E-state index contributed by atoms with van der Waals surface area (Å²) in [5, 5.41) is 7.07. The molecule has 6 nitrogen and oxygen atoms in total. The fourth-order valence-corrected chi connectivity index (χ4v) is 6.73. The SMILES string of the molecule is CCS(=O)(=O)N1CCC(NC(=NC)NCC2(Sc3ccccc3)CCCC2)CC1.I. The second-order valence-electron chi connectivity index (χ2n) is 7.95. The Balaban J connectivity index is 0.00000320. The Kier molecular flexibility index (Phi) is 10.2. The molecule has 0 atom stereocenters. The first-order valence-corrected chi connectivity index (χ1v) is 13.1. The third-order valence-electron chi connectivity index (χ3n) is 5.95. The number of guanidine groups is 1. The van der Waals surface area contributed by atoms with Crippen molar-refractivity contribution < 1.29 is 8.42 Å². The fourth-order valence-electron chi connectivity index (χ4n) is 4.17. The number of hydrogen-bond acceptors (Lipinski definition) is 4. The lowest BCUT2D eigenvalue weighted by atomic mass is 10.1. The van der Waals surface area contributed by atoms with Gasteiger partial charge in [0.25, 0.3) is 0 Å². The van der Waals surface area contributed by atoms with Crippen LogP contribution in [0.5, 0.6) is 0 Å². The van der Waals surface area contributed by atoms with Gasteiger partial charge in [-0.25, -0.2) is 12.7 Å². The predicted octanol–water partition coefficient (Wildman–Crippen LogP) is 3.69. The summed E-state index contributed by atoms with van der Waals surface area (Å²) in [5.74, 6) is 0.997. The van der Waals surface area contributed by atoms with Crippen LogP contribution in [0.2, 0.25) is 0 Å². The third kappa shape index (κ3) is 7.00. The molecule has 0 aromatic heterocycles.